The lowest BCUT2D eigenvalue weighted by atomic mass is 10.0. The summed E-state index contributed by atoms with van der Waals surface area (Å²) in [6.45, 7) is 11.0. The summed E-state index contributed by atoms with van der Waals surface area (Å²) in [5, 5.41) is 45.7. The first-order valence-corrected chi connectivity index (χ1v) is 33.5. The van der Waals surface area contributed by atoms with Crippen LogP contribution in [0.2, 0.25) is 0 Å². The van der Waals surface area contributed by atoms with Crippen LogP contribution < -0.4 is 43.0 Å². The Morgan fingerprint density at radius 1 is 0.327 bits per heavy atom. The van der Waals surface area contributed by atoms with Crippen LogP contribution in [-0.4, -0.2) is 278 Å². The number of urea groups is 1. The molecule has 4 atom stereocenters. The average molecular weight is 1400 g/mol. The summed E-state index contributed by atoms with van der Waals surface area (Å²) in [7, 11) is 0. The van der Waals surface area contributed by atoms with Gasteiger partial charge < -0.3 is 115 Å². The second kappa shape index (κ2) is 61.1. The van der Waals surface area contributed by atoms with Crippen LogP contribution in [-0.2, 0) is 108 Å². The van der Waals surface area contributed by atoms with Crippen LogP contribution in [0.25, 0.3) is 0 Å². The molecule has 2 aromatic rings. The maximum absolute atomic E-state index is 14.0. The van der Waals surface area contributed by atoms with E-state index in [-0.39, 0.29) is 63.7 Å². The minimum Gasteiger partial charge on any atom is -0.481 e. The monoisotopic (exact) mass is 1400 g/mol. The van der Waals surface area contributed by atoms with Crippen molar-refractivity contribution in [3.63, 3.8) is 0 Å². The Labute approximate surface area is 574 Å². The van der Waals surface area contributed by atoms with E-state index in [1.54, 1.807) is 0 Å². The standard InChI is InChI=1S/C66H108N8O24/c67-22-24-69-59(76)21-26-87-28-30-89-32-34-91-36-38-93-40-42-95-44-46-97-48-49-98-47-45-96-43-41-94-39-37-92-35-33-90-31-29-88-27-25-70-62(80)56(50-52-12-6-4-7-13-52)72-63(81)57(51-53-14-8-5-9-15-53)71-60(77)16-10-2-1-3-11-23-68-58(75)19-17-54(64(82)83)73-66(86)74-55(65(84)85)18-20-61(78)79/h4-9,12-15,54-57H,1-3,10-11,16-51,67H2,(H,68,75)(H,69,76)(H,70,80)(H,71,77)(H,72,81)(H,78,79)(H,82,83)(H,84,85)(H2,73,74,86)/t54-,55-,56?,57-/m0/s1. The second-order valence-electron chi connectivity index (χ2n) is 21.8. The topological polar surface area (TPSA) is 435 Å². The van der Waals surface area contributed by atoms with Crippen LogP contribution in [0.5, 0.6) is 0 Å². The van der Waals surface area contributed by atoms with Crippen molar-refractivity contribution < 1.29 is 115 Å². The third-order valence-corrected chi connectivity index (χ3v) is 13.8. The highest BCUT2D eigenvalue weighted by Crippen LogP contribution is 2.10. The van der Waals surface area contributed by atoms with Crippen molar-refractivity contribution >= 4 is 53.5 Å². The number of hydrogen-bond donors (Lipinski definition) is 11. The quantitative estimate of drug-likeness (QED) is 0.0402. The lowest BCUT2D eigenvalue weighted by molar-refractivity contribution is -0.141. The maximum Gasteiger partial charge on any atom is 0.326 e. The van der Waals surface area contributed by atoms with E-state index >= 15 is 0 Å². The van der Waals surface area contributed by atoms with Crippen molar-refractivity contribution in [3.05, 3.63) is 71.8 Å². The Balaban J connectivity index is 1.50. The molecular formula is C66H108N8O24. The summed E-state index contributed by atoms with van der Waals surface area (Å²) in [6.07, 6.45) is 2.57. The Morgan fingerprint density at radius 2 is 0.684 bits per heavy atom. The van der Waals surface area contributed by atoms with Crippen molar-refractivity contribution in [1.82, 2.24) is 37.2 Å². The number of carboxylic acids is 3. The van der Waals surface area contributed by atoms with E-state index < -0.39 is 78.7 Å². The van der Waals surface area contributed by atoms with Crippen LogP contribution in [0.1, 0.15) is 81.8 Å². The number of nitrogens with one attached hydrogen (secondary N) is 7. The molecule has 0 aromatic heterocycles. The smallest absolute Gasteiger partial charge is 0.326 e. The van der Waals surface area contributed by atoms with E-state index in [2.05, 4.69) is 31.9 Å². The molecule has 0 aliphatic carbocycles. The number of nitrogens with two attached hydrogens (primary N) is 1. The van der Waals surface area contributed by atoms with Crippen molar-refractivity contribution in [3.8, 4) is 0 Å². The van der Waals surface area contributed by atoms with E-state index in [1.807, 2.05) is 66.0 Å². The first-order valence-electron chi connectivity index (χ1n) is 33.5. The average Bonchev–Trinajstić information content (AvgIpc) is 0.899. The van der Waals surface area contributed by atoms with Gasteiger partial charge in [-0.15, -0.1) is 0 Å². The molecule has 7 amide bonds. The van der Waals surface area contributed by atoms with Crippen molar-refractivity contribution in [1.29, 1.82) is 0 Å². The number of hydrogen-bond acceptors (Lipinski definition) is 22. The second-order valence-corrected chi connectivity index (χ2v) is 21.8. The van der Waals surface area contributed by atoms with Crippen LogP contribution in [0, 0.1) is 0 Å². The minimum atomic E-state index is -1.56. The van der Waals surface area contributed by atoms with Gasteiger partial charge in [0.2, 0.25) is 29.5 Å². The largest absolute Gasteiger partial charge is 0.481 e. The van der Waals surface area contributed by atoms with Crippen molar-refractivity contribution in [2.45, 2.75) is 108 Å². The lowest BCUT2D eigenvalue weighted by Crippen LogP contribution is -2.55. The van der Waals surface area contributed by atoms with Crippen LogP contribution in [0.4, 0.5) is 4.79 Å². The number of unbranched alkanes of at least 4 members (excludes halogenated alkanes) is 4. The molecule has 0 bridgehead atoms. The molecule has 0 aliphatic heterocycles. The van der Waals surface area contributed by atoms with Gasteiger partial charge in [-0.25, -0.2) is 14.4 Å². The molecular weight excluding hydrogens is 1290 g/mol. The first-order chi connectivity index (χ1) is 47.7. The van der Waals surface area contributed by atoms with Gasteiger partial charge in [0.05, 0.1) is 159 Å². The SMILES string of the molecule is NCCNC(=O)CCOCCOCCOCCOCCOCCOCCOCCOCCOCCOCCOCCOCCNC(=O)C(Cc1ccccc1)NC(=O)[C@H](Cc1ccccc1)NC(=O)CCCCCCCNC(=O)CC[C@H](NC(=O)N[C@@H](CCC(=O)O)C(=O)O)C(=O)O. The minimum absolute atomic E-state index is 0.0826. The highest BCUT2D eigenvalue weighted by atomic mass is 16.6. The summed E-state index contributed by atoms with van der Waals surface area (Å²) in [6, 6.07) is 12.3. The fourth-order valence-electron chi connectivity index (χ4n) is 8.69. The van der Waals surface area contributed by atoms with Gasteiger partial charge in [-0.3, -0.25) is 28.8 Å². The lowest BCUT2D eigenvalue weighted by Gasteiger charge is -2.23. The molecule has 2 aromatic carbocycles. The molecule has 0 heterocycles. The number of aliphatic carboxylic acids is 3. The number of benzene rings is 2. The fraction of sp³-hybridized carbons (Fsp3) is 0.682. The Kier molecular flexibility index (Phi) is 54.2. The maximum atomic E-state index is 14.0. The van der Waals surface area contributed by atoms with E-state index in [0.29, 0.717) is 197 Å². The van der Waals surface area contributed by atoms with E-state index in [9.17, 15) is 53.4 Å². The Bertz CT molecular complexity index is 2430. The molecule has 1 unspecified atom stereocenters. The highest BCUT2D eigenvalue weighted by molar-refractivity contribution is 5.92. The Morgan fingerprint density at radius 3 is 1.09 bits per heavy atom. The molecule has 12 N–H and O–H groups in total. The van der Waals surface area contributed by atoms with E-state index in [0.717, 1.165) is 17.5 Å². The van der Waals surface area contributed by atoms with Gasteiger partial charge in [-0.1, -0.05) is 79.9 Å². The zero-order valence-electron chi connectivity index (χ0n) is 56.6. The van der Waals surface area contributed by atoms with Gasteiger partial charge in [0.15, 0.2) is 0 Å². The molecule has 0 aliphatic rings. The number of carbonyl (C=O) groups excluding carboxylic acids is 6. The van der Waals surface area contributed by atoms with Crippen LogP contribution in [0.15, 0.2) is 60.7 Å². The van der Waals surface area contributed by atoms with Crippen molar-refractivity contribution in [2.75, 3.05) is 185 Å². The fourth-order valence-corrected chi connectivity index (χ4v) is 8.69. The first kappa shape index (κ1) is 87.0. The van der Waals surface area contributed by atoms with E-state index in [4.69, 9.17) is 67.7 Å². The number of carbonyl (C=O) groups is 9. The van der Waals surface area contributed by atoms with Gasteiger partial charge in [0.25, 0.3) is 0 Å². The molecule has 0 saturated carbocycles. The molecule has 0 fully saturated rings. The summed E-state index contributed by atoms with van der Waals surface area (Å²) in [4.78, 5) is 111. The van der Waals surface area contributed by atoms with Crippen molar-refractivity contribution in [2.24, 2.45) is 5.73 Å². The molecule has 0 spiro atoms. The highest BCUT2D eigenvalue weighted by Gasteiger charge is 2.28. The Hall–Kier alpha value is -7.05. The van der Waals surface area contributed by atoms with Gasteiger partial charge >= 0.3 is 23.9 Å². The predicted octanol–water partition coefficient (Wildman–Crippen LogP) is 0.529. The van der Waals surface area contributed by atoms with Gasteiger partial charge in [0.1, 0.15) is 24.2 Å². The molecule has 0 radical (unpaired) electrons. The number of amides is 7. The molecule has 2 rings (SSSR count). The summed E-state index contributed by atoms with van der Waals surface area (Å²) >= 11 is 0. The van der Waals surface area contributed by atoms with Gasteiger partial charge in [-0.05, 0) is 36.8 Å². The predicted molar refractivity (Wildman–Crippen MR) is 355 cm³/mol. The summed E-state index contributed by atoms with van der Waals surface area (Å²) in [5.74, 6) is -6.03. The molecule has 98 heavy (non-hydrogen) atoms. The van der Waals surface area contributed by atoms with Crippen LogP contribution in [0.3, 0.4) is 0 Å². The van der Waals surface area contributed by atoms with E-state index in [1.165, 1.54) is 0 Å². The third kappa shape index (κ3) is 51.2. The number of carboxylic acid groups (broad SMARTS) is 3. The van der Waals surface area contributed by atoms with Gasteiger partial charge in [-0.2, -0.15) is 0 Å². The molecule has 0 saturated heterocycles. The normalized spacial score (nSPS) is 12.4. The third-order valence-electron chi connectivity index (χ3n) is 13.8. The summed E-state index contributed by atoms with van der Waals surface area (Å²) in [5.41, 5.74) is 6.97. The molecule has 32 heteroatoms. The number of rotatable bonds is 67. The summed E-state index contributed by atoms with van der Waals surface area (Å²) < 4.78 is 66.2. The molecule has 556 valence electrons. The van der Waals surface area contributed by atoms with Crippen LogP contribution >= 0.6 is 0 Å². The zero-order valence-corrected chi connectivity index (χ0v) is 56.6. The molecule has 32 nitrogen and oxygen atoms in total. The van der Waals surface area contributed by atoms with Gasteiger partial charge in [0, 0.05) is 64.7 Å². The number of ether oxygens (including phenoxy) is 12. The zero-order chi connectivity index (χ0) is 71.2.